The maximum atomic E-state index is 11.0. The third-order valence-corrected chi connectivity index (χ3v) is 1.33. The molecule has 0 aliphatic heterocycles. The largest absolute Gasteiger partial charge is 0.502 e. The third-order valence-electron chi connectivity index (χ3n) is 1.33. The van der Waals surface area contributed by atoms with Crippen molar-refractivity contribution >= 4 is 11.8 Å². The zero-order valence-electron chi connectivity index (χ0n) is 8.03. The van der Waals surface area contributed by atoms with Crippen molar-refractivity contribution in [1.82, 2.24) is 0 Å². The standard InChI is InChI=1S/C9H14O4/c1-4-13-9(12)8(11)5-7(10)6(2)3/h5-6,11H,4H2,1-3H3/b8-5-. The van der Waals surface area contributed by atoms with Crippen LogP contribution in [0.25, 0.3) is 0 Å². The third kappa shape index (κ3) is 4.30. The van der Waals surface area contributed by atoms with Crippen molar-refractivity contribution in [2.45, 2.75) is 20.8 Å². The number of carbonyl (C=O) groups is 2. The maximum Gasteiger partial charge on any atom is 0.373 e. The van der Waals surface area contributed by atoms with Gasteiger partial charge in [-0.15, -0.1) is 0 Å². The number of ketones is 1. The molecule has 0 fully saturated rings. The van der Waals surface area contributed by atoms with Crippen molar-refractivity contribution in [3.8, 4) is 0 Å². The molecule has 0 saturated carbocycles. The van der Waals surface area contributed by atoms with Crippen molar-refractivity contribution in [3.63, 3.8) is 0 Å². The van der Waals surface area contributed by atoms with Crippen LogP contribution in [0.5, 0.6) is 0 Å². The molecule has 0 amide bonds. The van der Waals surface area contributed by atoms with E-state index in [1.165, 1.54) is 0 Å². The van der Waals surface area contributed by atoms with Gasteiger partial charge in [0.05, 0.1) is 6.61 Å². The van der Waals surface area contributed by atoms with Crippen LogP contribution in [0.15, 0.2) is 11.8 Å². The van der Waals surface area contributed by atoms with E-state index < -0.39 is 11.7 Å². The molecule has 4 heteroatoms. The number of rotatable bonds is 4. The van der Waals surface area contributed by atoms with Gasteiger partial charge in [-0.05, 0) is 6.92 Å². The number of hydrogen-bond donors (Lipinski definition) is 1. The lowest BCUT2D eigenvalue weighted by atomic mass is 10.1. The SMILES string of the molecule is CCOC(=O)/C(O)=C/C(=O)C(C)C. The summed E-state index contributed by atoms with van der Waals surface area (Å²) in [5.41, 5.74) is 0. The van der Waals surface area contributed by atoms with Gasteiger partial charge >= 0.3 is 5.97 Å². The van der Waals surface area contributed by atoms with Gasteiger partial charge in [0.2, 0.25) is 5.76 Å². The minimum atomic E-state index is -0.864. The first-order valence-electron chi connectivity index (χ1n) is 4.10. The zero-order chi connectivity index (χ0) is 10.4. The van der Waals surface area contributed by atoms with E-state index in [0.717, 1.165) is 6.08 Å². The Bertz CT molecular complexity index is 228. The lowest BCUT2D eigenvalue weighted by molar-refractivity contribution is -0.141. The quantitative estimate of drug-likeness (QED) is 0.407. The fraction of sp³-hybridized carbons (Fsp3) is 0.556. The molecule has 0 rings (SSSR count). The lowest BCUT2D eigenvalue weighted by Gasteiger charge is -2.01. The zero-order valence-corrected chi connectivity index (χ0v) is 8.03. The van der Waals surface area contributed by atoms with E-state index in [4.69, 9.17) is 5.11 Å². The Morgan fingerprint density at radius 3 is 2.38 bits per heavy atom. The van der Waals surface area contributed by atoms with Crippen LogP contribution in [0.4, 0.5) is 0 Å². The number of allylic oxidation sites excluding steroid dienone is 1. The second-order valence-electron chi connectivity index (χ2n) is 2.81. The summed E-state index contributed by atoms with van der Waals surface area (Å²) in [7, 11) is 0. The Kier molecular flexibility index (Phi) is 4.80. The van der Waals surface area contributed by atoms with Crippen LogP contribution in [0.2, 0.25) is 0 Å². The fourth-order valence-corrected chi connectivity index (χ4v) is 0.565. The van der Waals surface area contributed by atoms with E-state index in [1.807, 2.05) is 0 Å². The molecule has 74 valence electrons. The van der Waals surface area contributed by atoms with Gasteiger partial charge in [0.25, 0.3) is 0 Å². The van der Waals surface area contributed by atoms with Crippen molar-refractivity contribution in [2.75, 3.05) is 6.61 Å². The molecule has 0 atom stereocenters. The number of carbonyl (C=O) groups excluding carboxylic acids is 2. The number of aliphatic hydroxyl groups excluding tert-OH is 1. The molecule has 0 heterocycles. The number of ether oxygens (including phenoxy) is 1. The average molecular weight is 186 g/mol. The Hall–Kier alpha value is -1.32. The molecule has 0 saturated heterocycles. The van der Waals surface area contributed by atoms with Crippen molar-refractivity contribution in [2.24, 2.45) is 5.92 Å². The van der Waals surface area contributed by atoms with Crippen LogP contribution in [0, 0.1) is 5.92 Å². The van der Waals surface area contributed by atoms with Gasteiger partial charge < -0.3 is 9.84 Å². The van der Waals surface area contributed by atoms with E-state index in [9.17, 15) is 9.59 Å². The molecule has 0 aliphatic carbocycles. The van der Waals surface area contributed by atoms with Crippen molar-refractivity contribution < 1.29 is 19.4 Å². The molecule has 0 unspecified atom stereocenters. The average Bonchev–Trinajstić information content (AvgIpc) is 2.04. The van der Waals surface area contributed by atoms with Crippen LogP contribution in [-0.4, -0.2) is 23.5 Å². The first-order chi connectivity index (χ1) is 5.99. The predicted octanol–water partition coefficient (Wildman–Crippen LogP) is 1.22. The van der Waals surface area contributed by atoms with E-state index in [2.05, 4.69) is 4.74 Å². The fourth-order valence-electron chi connectivity index (χ4n) is 0.565. The Morgan fingerprint density at radius 1 is 1.46 bits per heavy atom. The van der Waals surface area contributed by atoms with Gasteiger partial charge in [-0.2, -0.15) is 0 Å². The van der Waals surface area contributed by atoms with Crippen LogP contribution in [0.1, 0.15) is 20.8 Å². The molecule has 1 N–H and O–H groups in total. The Morgan fingerprint density at radius 2 is 2.00 bits per heavy atom. The first-order valence-corrected chi connectivity index (χ1v) is 4.10. The van der Waals surface area contributed by atoms with Crippen LogP contribution in [-0.2, 0) is 14.3 Å². The summed E-state index contributed by atoms with van der Waals surface area (Å²) in [5.74, 6) is -2.04. The Balaban J connectivity index is 4.31. The molecular weight excluding hydrogens is 172 g/mol. The van der Waals surface area contributed by atoms with Gasteiger partial charge in [-0.25, -0.2) is 4.79 Å². The summed E-state index contributed by atoms with van der Waals surface area (Å²) in [6, 6.07) is 0. The monoisotopic (exact) mass is 186 g/mol. The van der Waals surface area contributed by atoms with Crippen molar-refractivity contribution in [3.05, 3.63) is 11.8 Å². The van der Waals surface area contributed by atoms with Gasteiger partial charge in [-0.1, -0.05) is 13.8 Å². The highest BCUT2D eigenvalue weighted by molar-refractivity contribution is 5.98. The van der Waals surface area contributed by atoms with E-state index in [1.54, 1.807) is 20.8 Å². The second-order valence-corrected chi connectivity index (χ2v) is 2.81. The van der Waals surface area contributed by atoms with Gasteiger partial charge in [0.15, 0.2) is 5.78 Å². The van der Waals surface area contributed by atoms with Crippen LogP contribution < -0.4 is 0 Å². The summed E-state index contributed by atoms with van der Waals surface area (Å²) in [6.45, 7) is 5.15. The lowest BCUT2D eigenvalue weighted by Crippen LogP contribution is -2.11. The summed E-state index contributed by atoms with van der Waals surface area (Å²) in [4.78, 5) is 21.8. The number of aliphatic hydroxyl groups is 1. The van der Waals surface area contributed by atoms with Crippen LogP contribution >= 0.6 is 0 Å². The molecule has 0 bridgehead atoms. The highest BCUT2D eigenvalue weighted by atomic mass is 16.5. The maximum absolute atomic E-state index is 11.0. The van der Waals surface area contributed by atoms with E-state index in [-0.39, 0.29) is 18.3 Å². The summed E-state index contributed by atoms with van der Waals surface area (Å²) in [6.07, 6.45) is 0.892. The molecule has 0 radical (unpaired) electrons. The molecule has 13 heavy (non-hydrogen) atoms. The van der Waals surface area contributed by atoms with Gasteiger partial charge in [0.1, 0.15) is 0 Å². The molecule has 0 aromatic heterocycles. The summed E-state index contributed by atoms with van der Waals surface area (Å²) < 4.78 is 4.47. The number of esters is 1. The topological polar surface area (TPSA) is 63.6 Å². The highest BCUT2D eigenvalue weighted by Crippen LogP contribution is 2.00. The summed E-state index contributed by atoms with van der Waals surface area (Å²) >= 11 is 0. The minimum Gasteiger partial charge on any atom is -0.502 e. The normalized spacial score (nSPS) is 11.5. The summed E-state index contributed by atoms with van der Waals surface area (Å²) in [5, 5.41) is 9.03. The Labute approximate surface area is 77.2 Å². The van der Waals surface area contributed by atoms with Gasteiger partial charge in [0, 0.05) is 12.0 Å². The first kappa shape index (κ1) is 11.7. The van der Waals surface area contributed by atoms with Crippen LogP contribution in [0.3, 0.4) is 0 Å². The molecule has 0 aromatic carbocycles. The van der Waals surface area contributed by atoms with E-state index in [0.29, 0.717) is 0 Å². The van der Waals surface area contributed by atoms with E-state index >= 15 is 0 Å². The van der Waals surface area contributed by atoms with Gasteiger partial charge in [-0.3, -0.25) is 4.79 Å². The molecule has 0 aliphatic rings. The molecule has 0 spiro atoms. The molecular formula is C9H14O4. The molecule has 0 aromatic rings. The molecule has 4 nitrogen and oxygen atoms in total. The smallest absolute Gasteiger partial charge is 0.373 e. The second kappa shape index (κ2) is 5.35. The van der Waals surface area contributed by atoms with Crippen molar-refractivity contribution in [1.29, 1.82) is 0 Å². The highest BCUT2D eigenvalue weighted by Gasteiger charge is 2.12. The number of hydrogen-bond acceptors (Lipinski definition) is 4. The predicted molar refractivity (Wildman–Crippen MR) is 47.2 cm³/mol. The minimum absolute atomic E-state index is 0.173.